The number of aromatic nitrogens is 4. The first-order chi connectivity index (χ1) is 14.9. The van der Waals surface area contributed by atoms with E-state index in [1.807, 2.05) is 13.8 Å². The van der Waals surface area contributed by atoms with Crippen molar-refractivity contribution >= 4 is 67.7 Å². The van der Waals surface area contributed by atoms with E-state index in [2.05, 4.69) is 42.4 Å². The fraction of sp³-hybridized carbons (Fsp3) is 0.100. The van der Waals surface area contributed by atoms with Crippen LogP contribution in [0.4, 0.5) is 11.4 Å². The number of hydrogen-bond donors (Lipinski definition) is 3. The quantitative estimate of drug-likeness (QED) is 0.308. The molecule has 0 fully saturated rings. The van der Waals surface area contributed by atoms with E-state index in [0.717, 1.165) is 11.1 Å². The van der Waals surface area contributed by atoms with Crippen molar-refractivity contribution in [2.24, 2.45) is 4.99 Å². The van der Waals surface area contributed by atoms with Crippen LogP contribution in [-0.2, 0) is 4.79 Å². The summed E-state index contributed by atoms with van der Waals surface area (Å²) < 4.78 is -0.0955. The summed E-state index contributed by atoms with van der Waals surface area (Å²) in [5.74, 6) is 0. The van der Waals surface area contributed by atoms with Crippen molar-refractivity contribution in [1.29, 1.82) is 10.5 Å². The Morgan fingerprint density at radius 2 is 1.58 bits per heavy atom. The van der Waals surface area contributed by atoms with Gasteiger partial charge in [-0.2, -0.15) is 10.5 Å². The number of imidazole rings is 2. The molecule has 4 rings (SSSR count). The molecule has 0 aliphatic carbocycles. The summed E-state index contributed by atoms with van der Waals surface area (Å²) in [4.78, 5) is 28.4. The van der Waals surface area contributed by atoms with Gasteiger partial charge >= 0.3 is 0 Å². The minimum atomic E-state index is -0.0955. The molecule has 0 aliphatic heterocycles. The second-order valence-corrected chi connectivity index (χ2v) is 7.16. The number of hydrogen-bond acceptors (Lipinski definition) is 6. The lowest BCUT2D eigenvalue weighted by Crippen LogP contribution is -1.98. The molecule has 2 heterocycles. The van der Waals surface area contributed by atoms with Crippen LogP contribution >= 0.6 is 23.2 Å². The van der Waals surface area contributed by atoms with Crippen molar-refractivity contribution in [1.82, 2.24) is 19.9 Å². The number of anilines is 1. The highest BCUT2D eigenvalue weighted by molar-refractivity contribution is 6.95. The molecule has 0 aliphatic rings. The third-order valence-corrected chi connectivity index (χ3v) is 4.72. The van der Waals surface area contributed by atoms with E-state index in [-0.39, 0.29) is 4.63 Å². The number of rotatable bonds is 3. The van der Waals surface area contributed by atoms with Gasteiger partial charge in [0.25, 0.3) is 0 Å². The maximum Gasteiger partial charge on any atom is 0.211 e. The van der Waals surface area contributed by atoms with Crippen molar-refractivity contribution in [3.8, 4) is 12.1 Å². The fourth-order valence-electron chi connectivity index (χ4n) is 3.06. The first-order valence-corrected chi connectivity index (χ1v) is 9.50. The molecule has 3 N–H and O–H groups in total. The molecule has 0 saturated heterocycles. The van der Waals surface area contributed by atoms with Crippen LogP contribution in [0.5, 0.6) is 0 Å². The van der Waals surface area contributed by atoms with Gasteiger partial charge in [-0.15, -0.1) is 0 Å². The standard InChI is InChI=1S/C10H6Cl2N4.C10H8N4O/c1-5-7(16-10(11)12)2-6(3-13)9-8(5)14-4-15-9;1-6-8(14-5-15)2-7(3-11)10-9(6)12-4-13-10/h2,4H,1H3,(H,14,15);2,4-5H,1H3,(H,12,13)(H,14,15). The predicted molar refractivity (Wildman–Crippen MR) is 120 cm³/mol. The molecular formula is C20H14Cl2N8O. The molecule has 9 nitrogen and oxygen atoms in total. The number of fused-ring (bicyclic) bond motifs is 2. The Bertz CT molecular complexity index is 1400. The molecule has 31 heavy (non-hydrogen) atoms. The zero-order chi connectivity index (χ0) is 22.5. The van der Waals surface area contributed by atoms with E-state index < -0.39 is 0 Å². The van der Waals surface area contributed by atoms with Crippen LogP contribution in [-0.4, -0.2) is 31.0 Å². The summed E-state index contributed by atoms with van der Waals surface area (Å²) in [6, 6.07) is 7.38. The van der Waals surface area contributed by atoms with E-state index in [4.69, 9.17) is 33.7 Å². The van der Waals surface area contributed by atoms with Gasteiger partial charge in [0.1, 0.15) is 12.1 Å². The summed E-state index contributed by atoms with van der Waals surface area (Å²) in [5.41, 5.74) is 6.58. The van der Waals surface area contributed by atoms with Crippen molar-refractivity contribution in [3.05, 3.63) is 47.0 Å². The molecule has 2 aromatic carbocycles. The number of aryl methyl sites for hydroxylation is 2. The lowest BCUT2D eigenvalue weighted by atomic mass is 10.1. The van der Waals surface area contributed by atoms with E-state index in [9.17, 15) is 4.79 Å². The zero-order valence-electron chi connectivity index (χ0n) is 16.3. The lowest BCUT2D eigenvalue weighted by Gasteiger charge is -2.05. The highest BCUT2D eigenvalue weighted by atomic mass is 35.5. The van der Waals surface area contributed by atoms with Gasteiger partial charge in [0.15, 0.2) is 4.63 Å². The van der Waals surface area contributed by atoms with E-state index in [1.54, 1.807) is 12.1 Å². The van der Waals surface area contributed by atoms with E-state index in [0.29, 0.717) is 51.0 Å². The molecule has 2 aromatic heterocycles. The minimum Gasteiger partial charge on any atom is -0.343 e. The SMILES string of the molecule is Cc1c(N=C(Cl)Cl)cc(C#N)c2[nH]cnc12.Cc1c(NC=O)cc(C#N)c2[nH]cnc12. The number of carbonyl (C=O) groups excluding carboxylic acids is 1. The average Bonchev–Trinajstić information content (AvgIpc) is 3.43. The van der Waals surface area contributed by atoms with Crippen LogP contribution in [0, 0.1) is 36.5 Å². The number of aromatic amines is 2. The lowest BCUT2D eigenvalue weighted by molar-refractivity contribution is -0.105. The van der Waals surface area contributed by atoms with Crippen LogP contribution in [0.1, 0.15) is 22.3 Å². The number of benzene rings is 2. The van der Waals surface area contributed by atoms with Gasteiger partial charge in [0.2, 0.25) is 6.41 Å². The number of aliphatic imine (C=N–C) groups is 1. The normalized spacial score (nSPS) is 10.0. The van der Waals surface area contributed by atoms with Crippen LogP contribution in [0.3, 0.4) is 0 Å². The van der Waals surface area contributed by atoms with Crippen molar-refractivity contribution in [2.75, 3.05) is 5.32 Å². The third kappa shape index (κ3) is 4.33. The van der Waals surface area contributed by atoms with Crippen molar-refractivity contribution in [2.45, 2.75) is 13.8 Å². The van der Waals surface area contributed by atoms with E-state index in [1.165, 1.54) is 12.7 Å². The zero-order valence-corrected chi connectivity index (χ0v) is 17.8. The first-order valence-electron chi connectivity index (χ1n) is 8.74. The molecule has 1 amide bonds. The highest BCUT2D eigenvalue weighted by Gasteiger charge is 2.11. The van der Waals surface area contributed by atoms with Crippen molar-refractivity contribution < 1.29 is 4.79 Å². The van der Waals surface area contributed by atoms with Crippen LogP contribution in [0.25, 0.3) is 22.1 Å². The Morgan fingerprint density at radius 3 is 2.10 bits per heavy atom. The summed E-state index contributed by atoms with van der Waals surface area (Å²) in [6.07, 6.45) is 3.65. The van der Waals surface area contributed by atoms with Gasteiger partial charge in [-0.05, 0) is 49.2 Å². The fourth-order valence-corrected chi connectivity index (χ4v) is 3.24. The monoisotopic (exact) mass is 452 g/mol. The predicted octanol–water partition coefficient (Wildman–Crippen LogP) is 4.52. The smallest absolute Gasteiger partial charge is 0.211 e. The largest absolute Gasteiger partial charge is 0.343 e. The summed E-state index contributed by atoms with van der Waals surface area (Å²) >= 11 is 11.0. The third-order valence-electron chi connectivity index (χ3n) is 4.55. The highest BCUT2D eigenvalue weighted by Crippen LogP contribution is 2.29. The number of halogens is 2. The first kappa shape index (κ1) is 21.8. The molecule has 154 valence electrons. The van der Waals surface area contributed by atoms with Gasteiger partial charge < -0.3 is 15.3 Å². The molecule has 11 heteroatoms. The molecule has 0 bridgehead atoms. The van der Waals surface area contributed by atoms with Gasteiger partial charge in [0.05, 0.1) is 51.5 Å². The second-order valence-electron chi connectivity index (χ2n) is 6.26. The Kier molecular flexibility index (Phi) is 6.51. The number of nitrogens with zero attached hydrogens (tertiary/aromatic N) is 5. The number of nitrogens with one attached hydrogen (secondary N) is 3. The Labute approximate surface area is 186 Å². The van der Waals surface area contributed by atoms with Gasteiger partial charge in [-0.3, -0.25) is 4.79 Å². The molecule has 0 radical (unpaired) electrons. The number of amides is 1. The Hall–Kier alpha value is -3.92. The number of carbonyl (C=O) groups is 1. The molecule has 0 unspecified atom stereocenters. The molecular weight excluding hydrogens is 439 g/mol. The molecule has 0 atom stereocenters. The van der Waals surface area contributed by atoms with Gasteiger partial charge in [-0.1, -0.05) is 0 Å². The maximum atomic E-state index is 10.4. The number of nitriles is 2. The van der Waals surface area contributed by atoms with Gasteiger partial charge in [0, 0.05) is 16.8 Å². The topological polar surface area (TPSA) is 146 Å². The molecule has 0 saturated carbocycles. The maximum absolute atomic E-state index is 10.4. The van der Waals surface area contributed by atoms with Crippen molar-refractivity contribution in [3.63, 3.8) is 0 Å². The van der Waals surface area contributed by atoms with Gasteiger partial charge in [-0.25, -0.2) is 15.0 Å². The molecule has 4 aromatic rings. The number of H-pyrrole nitrogens is 2. The van der Waals surface area contributed by atoms with Crippen LogP contribution < -0.4 is 5.32 Å². The minimum absolute atomic E-state index is 0.0955. The second kappa shape index (κ2) is 9.26. The summed E-state index contributed by atoms with van der Waals surface area (Å²) in [6.45, 7) is 3.69. The van der Waals surface area contributed by atoms with Crippen LogP contribution in [0.15, 0.2) is 29.8 Å². The van der Waals surface area contributed by atoms with Crippen LogP contribution in [0.2, 0.25) is 0 Å². The Balaban J connectivity index is 0.000000176. The summed E-state index contributed by atoms with van der Waals surface area (Å²) in [7, 11) is 0. The summed E-state index contributed by atoms with van der Waals surface area (Å²) in [5, 5.41) is 20.5. The average molecular weight is 453 g/mol. The molecule has 0 spiro atoms. The van der Waals surface area contributed by atoms with E-state index >= 15 is 0 Å². The Morgan fingerprint density at radius 1 is 1.03 bits per heavy atom.